The molecule has 0 spiro atoms. The van der Waals surface area contributed by atoms with Crippen LogP contribution in [0.5, 0.6) is 0 Å². The second-order valence-electron chi connectivity index (χ2n) is 6.69. The molecule has 3 N–H and O–H groups in total. The van der Waals surface area contributed by atoms with Crippen molar-refractivity contribution >= 4 is 39.1 Å². The van der Waals surface area contributed by atoms with E-state index in [0.29, 0.717) is 5.41 Å². The third-order valence-corrected chi connectivity index (χ3v) is 6.13. The molecule has 2 aromatic heterocycles. The molecule has 0 fully saturated rings. The molecule has 0 saturated heterocycles. The van der Waals surface area contributed by atoms with Gasteiger partial charge in [-0.1, -0.05) is 32.5 Å². The van der Waals surface area contributed by atoms with E-state index in [2.05, 4.69) is 36.2 Å². The monoisotopic (exact) mass is 322 g/mol. The van der Waals surface area contributed by atoms with Gasteiger partial charge in [0.05, 0.1) is 5.39 Å². The largest absolute Gasteiger partial charge is 0.308 e. The lowest BCUT2D eigenvalue weighted by Gasteiger charge is -2.33. The van der Waals surface area contributed by atoms with Crippen LogP contribution in [-0.2, 0) is 12.8 Å². The Balaban J connectivity index is 2.11. The van der Waals surface area contributed by atoms with E-state index in [1.807, 2.05) is 17.6 Å². The lowest BCUT2D eigenvalue weighted by molar-refractivity contribution is 0.218. The highest BCUT2D eigenvalue weighted by Gasteiger charge is 2.31. The van der Waals surface area contributed by atoms with E-state index in [1.54, 1.807) is 11.8 Å². The Labute approximate surface area is 133 Å². The average molecular weight is 323 g/mol. The fraction of sp³-hybridized carbons (Fsp3) is 0.600. The highest BCUT2D eigenvalue weighted by atomic mass is 32.2. The van der Waals surface area contributed by atoms with Crippen LogP contribution in [0.15, 0.2) is 5.16 Å². The van der Waals surface area contributed by atoms with Crippen molar-refractivity contribution in [2.45, 2.75) is 45.2 Å². The van der Waals surface area contributed by atoms with Gasteiger partial charge in [0.1, 0.15) is 4.83 Å². The van der Waals surface area contributed by atoms with Crippen LogP contribution >= 0.6 is 23.1 Å². The highest BCUT2D eigenvalue weighted by Crippen LogP contribution is 2.44. The quantitative estimate of drug-likeness (QED) is 0.380. The number of hydrogen-bond acceptors (Lipinski definition) is 6. The molecule has 3 rings (SSSR count). The maximum Gasteiger partial charge on any atom is 0.190 e. The molecule has 0 aliphatic heterocycles. The lowest BCUT2D eigenvalue weighted by atomic mass is 9.72. The SMILES string of the molecule is CSc1nc(NN)c2c3c(sc2n1)CC(C(C)(C)C)CC3. The van der Waals surface area contributed by atoms with Crippen molar-refractivity contribution in [3.63, 3.8) is 0 Å². The van der Waals surface area contributed by atoms with Crippen LogP contribution in [0.1, 0.15) is 37.6 Å². The maximum atomic E-state index is 5.68. The van der Waals surface area contributed by atoms with Gasteiger partial charge in [-0.3, -0.25) is 0 Å². The Kier molecular flexibility index (Phi) is 3.88. The molecule has 21 heavy (non-hydrogen) atoms. The summed E-state index contributed by atoms with van der Waals surface area (Å²) in [5, 5.41) is 1.92. The van der Waals surface area contributed by atoms with E-state index in [9.17, 15) is 0 Å². The minimum absolute atomic E-state index is 0.360. The first-order valence-electron chi connectivity index (χ1n) is 7.27. The molecule has 0 saturated carbocycles. The van der Waals surface area contributed by atoms with Gasteiger partial charge in [0.15, 0.2) is 11.0 Å². The van der Waals surface area contributed by atoms with Crippen LogP contribution in [0.3, 0.4) is 0 Å². The number of thiophene rings is 1. The number of fused-ring (bicyclic) bond motifs is 3. The van der Waals surface area contributed by atoms with Gasteiger partial charge < -0.3 is 5.43 Å². The number of hydrogen-bond donors (Lipinski definition) is 2. The van der Waals surface area contributed by atoms with E-state index >= 15 is 0 Å². The third kappa shape index (κ3) is 2.64. The third-order valence-electron chi connectivity index (χ3n) is 4.43. The fourth-order valence-corrected chi connectivity index (χ4v) is 4.82. The van der Waals surface area contributed by atoms with Gasteiger partial charge in [-0.25, -0.2) is 15.8 Å². The Morgan fingerprint density at radius 1 is 1.33 bits per heavy atom. The van der Waals surface area contributed by atoms with E-state index in [4.69, 9.17) is 5.84 Å². The first-order valence-corrected chi connectivity index (χ1v) is 9.31. The summed E-state index contributed by atoms with van der Waals surface area (Å²) in [5.41, 5.74) is 4.54. The molecular weight excluding hydrogens is 300 g/mol. The van der Waals surface area contributed by atoms with Crippen LogP contribution < -0.4 is 11.3 Å². The Morgan fingerprint density at radius 2 is 2.10 bits per heavy atom. The van der Waals surface area contributed by atoms with Gasteiger partial charge in [0, 0.05) is 4.88 Å². The van der Waals surface area contributed by atoms with Crippen LogP contribution in [-0.4, -0.2) is 16.2 Å². The zero-order valence-corrected chi connectivity index (χ0v) is 14.6. The molecule has 1 unspecified atom stereocenters. The van der Waals surface area contributed by atoms with Crippen LogP contribution in [0, 0.1) is 11.3 Å². The predicted molar refractivity (Wildman–Crippen MR) is 92.0 cm³/mol. The average Bonchev–Trinajstić information content (AvgIpc) is 2.82. The van der Waals surface area contributed by atoms with E-state index in [0.717, 1.165) is 40.0 Å². The van der Waals surface area contributed by atoms with Gasteiger partial charge in [-0.15, -0.1) is 11.3 Å². The summed E-state index contributed by atoms with van der Waals surface area (Å²) in [4.78, 5) is 11.7. The normalized spacial score (nSPS) is 18.8. The minimum Gasteiger partial charge on any atom is -0.308 e. The number of nitrogens with zero attached hydrogens (tertiary/aromatic N) is 2. The van der Waals surface area contributed by atoms with E-state index in [1.165, 1.54) is 16.9 Å². The Morgan fingerprint density at radius 3 is 2.71 bits per heavy atom. The zero-order chi connectivity index (χ0) is 15.2. The maximum absolute atomic E-state index is 5.68. The molecule has 0 amide bonds. The van der Waals surface area contributed by atoms with Crippen molar-refractivity contribution in [1.82, 2.24) is 9.97 Å². The topological polar surface area (TPSA) is 63.8 Å². The number of thioether (sulfide) groups is 1. The molecule has 0 bridgehead atoms. The van der Waals surface area contributed by atoms with Crippen LogP contribution in [0.2, 0.25) is 0 Å². The summed E-state index contributed by atoms with van der Waals surface area (Å²) in [7, 11) is 0. The molecule has 1 aliphatic rings. The van der Waals surface area contributed by atoms with Crippen LogP contribution in [0.4, 0.5) is 5.82 Å². The lowest BCUT2D eigenvalue weighted by Crippen LogP contribution is -2.26. The fourth-order valence-electron chi connectivity index (χ4n) is 3.09. The van der Waals surface area contributed by atoms with Crippen molar-refractivity contribution in [1.29, 1.82) is 0 Å². The number of nitrogens with two attached hydrogens (primary N) is 1. The molecule has 4 nitrogen and oxygen atoms in total. The second-order valence-corrected chi connectivity index (χ2v) is 8.55. The summed E-state index contributed by atoms with van der Waals surface area (Å²) >= 11 is 3.37. The smallest absolute Gasteiger partial charge is 0.190 e. The molecule has 114 valence electrons. The first-order chi connectivity index (χ1) is 9.94. The number of aryl methyl sites for hydroxylation is 1. The molecular formula is C15H22N4S2. The number of nitrogens with one attached hydrogen (secondary N) is 1. The first kappa shape index (κ1) is 15.1. The van der Waals surface area contributed by atoms with Crippen molar-refractivity contribution in [2.24, 2.45) is 17.2 Å². The van der Waals surface area contributed by atoms with Gasteiger partial charge >= 0.3 is 0 Å². The molecule has 1 aliphatic carbocycles. The summed E-state index contributed by atoms with van der Waals surface area (Å²) in [6, 6.07) is 0. The second kappa shape index (κ2) is 5.41. The summed E-state index contributed by atoms with van der Waals surface area (Å²) < 4.78 is 0. The van der Waals surface area contributed by atoms with Gasteiger partial charge in [-0.05, 0) is 42.4 Å². The molecule has 6 heteroatoms. The number of hydrazine groups is 1. The zero-order valence-electron chi connectivity index (χ0n) is 13.0. The van der Waals surface area contributed by atoms with Gasteiger partial charge in [0.25, 0.3) is 0 Å². The van der Waals surface area contributed by atoms with E-state index < -0.39 is 0 Å². The summed E-state index contributed by atoms with van der Waals surface area (Å²) in [6.07, 6.45) is 5.48. The number of nitrogen functional groups attached to an aromatic ring is 1. The molecule has 2 heterocycles. The number of rotatable bonds is 2. The van der Waals surface area contributed by atoms with Crippen molar-refractivity contribution in [3.8, 4) is 0 Å². The molecule has 0 radical (unpaired) electrons. The van der Waals surface area contributed by atoms with Crippen LogP contribution in [0.25, 0.3) is 10.2 Å². The van der Waals surface area contributed by atoms with Crippen molar-refractivity contribution in [2.75, 3.05) is 11.7 Å². The summed E-state index contributed by atoms with van der Waals surface area (Å²) in [6.45, 7) is 7.03. The van der Waals surface area contributed by atoms with Crippen molar-refractivity contribution in [3.05, 3.63) is 10.4 Å². The summed E-state index contributed by atoms with van der Waals surface area (Å²) in [5.74, 6) is 7.19. The van der Waals surface area contributed by atoms with Gasteiger partial charge in [0.2, 0.25) is 0 Å². The minimum atomic E-state index is 0.360. The van der Waals surface area contributed by atoms with E-state index in [-0.39, 0.29) is 0 Å². The standard InChI is InChI=1S/C15H22N4S2/c1-15(2,3)8-5-6-9-10(7-8)21-13-11(9)12(19-16)17-14(18-13)20-4/h8H,5-7,16H2,1-4H3,(H,17,18,19). The Hall–Kier alpha value is -0.850. The van der Waals surface area contributed by atoms with Crippen molar-refractivity contribution < 1.29 is 0 Å². The molecule has 2 aromatic rings. The number of anilines is 1. The highest BCUT2D eigenvalue weighted by molar-refractivity contribution is 7.98. The number of aromatic nitrogens is 2. The molecule has 1 atom stereocenters. The predicted octanol–water partition coefficient (Wildman–Crippen LogP) is 3.85. The van der Waals surface area contributed by atoms with Gasteiger partial charge in [-0.2, -0.15) is 0 Å². The molecule has 0 aromatic carbocycles. The Bertz CT molecular complexity index is 672.